The average molecular weight is 251 g/mol. The molecular weight excluding hydrogens is 230 g/mol. The second-order valence-corrected chi connectivity index (χ2v) is 5.48. The van der Waals surface area contributed by atoms with E-state index in [-0.39, 0.29) is 0 Å². The van der Waals surface area contributed by atoms with Crippen LogP contribution in [-0.2, 0) is 0 Å². The smallest absolute Gasteiger partial charge is 0.119 e. The summed E-state index contributed by atoms with van der Waals surface area (Å²) in [4.78, 5) is 1.28. The van der Waals surface area contributed by atoms with E-state index in [1.807, 2.05) is 12.1 Å². The van der Waals surface area contributed by atoms with Gasteiger partial charge < -0.3 is 10.1 Å². The quantitative estimate of drug-likeness (QED) is 0.594. The summed E-state index contributed by atoms with van der Waals surface area (Å²) < 4.78 is 5.68. The number of hydrogen-bond donors (Lipinski definition) is 1. The van der Waals surface area contributed by atoms with Gasteiger partial charge in [0.2, 0.25) is 0 Å². The maximum atomic E-state index is 5.68. The zero-order valence-electron chi connectivity index (χ0n) is 10.6. The lowest BCUT2D eigenvalue weighted by atomic mass is 10.2. The molecule has 0 heterocycles. The van der Waals surface area contributed by atoms with E-state index in [0.29, 0.717) is 6.04 Å². The molecule has 1 aromatic carbocycles. The van der Waals surface area contributed by atoms with Crippen molar-refractivity contribution in [2.45, 2.75) is 30.7 Å². The maximum absolute atomic E-state index is 5.68. The molecule has 0 aliphatic heterocycles. The minimum Gasteiger partial charge on any atom is -0.492 e. The van der Waals surface area contributed by atoms with Crippen LogP contribution in [0, 0.1) is 5.92 Å². The summed E-state index contributed by atoms with van der Waals surface area (Å²) in [5.74, 6) is 1.87. The minimum atomic E-state index is 0.650. The number of hydrogen-bond acceptors (Lipinski definition) is 3. The van der Waals surface area contributed by atoms with Crippen molar-refractivity contribution in [1.82, 2.24) is 5.32 Å². The number of nitrogens with one attached hydrogen (secondary N) is 1. The molecular formula is C14H21NOS. The van der Waals surface area contributed by atoms with Gasteiger partial charge in [-0.05, 0) is 56.2 Å². The van der Waals surface area contributed by atoms with Crippen LogP contribution < -0.4 is 10.1 Å². The highest BCUT2D eigenvalue weighted by Crippen LogP contribution is 2.32. The Hall–Kier alpha value is -0.670. The lowest BCUT2D eigenvalue weighted by Crippen LogP contribution is -2.31. The SMILES string of the molecule is CSc1ccc(OCCNC(C)C2CC2)cc1. The number of rotatable bonds is 7. The van der Waals surface area contributed by atoms with Crippen molar-refractivity contribution in [3.05, 3.63) is 24.3 Å². The highest BCUT2D eigenvalue weighted by Gasteiger charge is 2.27. The molecule has 3 heteroatoms. The van der Waals surface area contributed by atoms with E-state index in [1.165, 1.54) is 17.7 Å². The predicted molar refractivity (Wildman–Crippen MR) is 73.9 cm³/mol. The molecule has 1 saturated carbocycles. The summed E-state index contributed by atoms with van der Waals surface area (Å²) in [5.41, 5.74) is 0. The van der Waals surface area contributed by atoms with Crippen molar-refractivity contribution in [2.24, 2.45) is 5.92 Å². The Morgan fingerprint density at radius 3 is 2.65 bits per heavy atom. The van der Waals surface area contributed by atoms with Crippen LogP contribution in [0.3, 0.4) is 0 Å². The molecule has 0 radical (unpaired) electrons. The van der Waals surface area contributed by atoms with Gasteiger partial charge in [0.05, 0.1) is 0 Å². The van der Waals surface area contributed by atoms with E-state index in [0.717, 1.165) is 24.8 Å². The first-order chi connectivity index (χ1) is 8.29. The van der Waals surface area contributed by atoms with Gasteiger partial charge in [-0.3, -0.25) is 0 Å². The largest absolute Gasteiger partial charge is 0.492 e. The maximum Gasteiger partial charge on any atom is 0.119 e. The van der Waals surface area contributed by atoms with E-state index < -0.39 is 0 Å². The normalized spacial score (nSPS) is 16.8. The van der Waals surface area contributed by atoms with E-state index in [9.17, 15) is 0 Å². The molecule has 1 N–H and O–H groups in total. The molecule has 0 amide bonds. The monoisotopic (exact) mass is 251 g/mol. The summed E-state index contributed by atoms with van der Waals surface area (Å²) in [7, 11) is 0. The van der Waals surface area contributed by atoms with Gasteiger partial charge in [0.15, 0.2) is 0 Å². The Kier molecular flexibility index (Phi) is 4.75. The van der Waals surface area contributed by atoms with Gasteiger partial charge in [0, 0.05) is 17.5 Å². The first-order valence-electron chi connectivity index (χ1n) is 6.30. The van der Waals surface area contributed by atoms with Crippen LogP contribution in [0.1, 0.15) is 19.8 Å². The second kappa shape index (κ2) is 6.31. The second-order valence-electron chi connectivity index (χ2n) is 4.60. The van der Waals surface area contributed by atoms with Crippen LogP contribution in [0.2, 0.25) is 0 Å². The molecule has 2 rings (SSSR count). The molecule has 17 heavy (non-hydrogen) atoms. The molecule has 1 aliphatic carbocycles. The van der Waals surface area contributed by atoms with Crippen molar-refractivity contribution in [2.75, 3.05) is 19.4 Å². The molecule has 94 valence electrons. The molecule has 1 atom stereocenters. The highest BCUT2D eigenvalue weighted by molar-refractivity contribution is 7.98. The standard InChI is InChI=1S/C14H21NOS/c1-11(12-3-4-12)15-9-10-16-13-5-7-14(17-2)8-6-13/h5-8,11-12,15H,3-4,9-10H2,1-2H3. The molecule has 1 aromatic rings. The molecule has 0 bridgehead atoms. The third-order valence-corrected chi connectivity index (χ3v) is 3.97. The lowest BCUT2D eigenvalue weighted by molar-refractivity contribution is 0.303. The van der Waals surface area contributed by atoms with Gasteiger partial charge in [-0.1, -0.05) is 0 Å². The van der Waals surface area contributed by atoms with Crippen LogP contribution in [0.15, 0.2) is 29.2 Å². The Bertz CT molecular complexity index is 335. The van der Waals surface area contributed by atoms with Crippen LogP contribution in [0.4, 0.5) is 0 Å². The van der Waals surface area contributed by atoms with Crippen molar-refractivity contribution in [3.63, 3.8) is 0 Å². The minimum absolute atomic E-state index is 0.650. The highest BCUT2D eigenvalue weighted by atomic mass is 32.2. The molecule has 0 aromatic heterocycles. The Labute approximate surface area is 108 Å². The summed E-state index contributed by atoms with van der Waals surface area (Å²) in [6.07, 6.45) is 4.87. The topological polar surface area (TPSA) is 21.3 Å². The van der Waals surface area contributed by atoms with E-state index in [2.05, 4.69) is 30.6 Å². The van der Waals surface area contributed by atoms with Crippen molar-refractivity contribution < 1.29 is 4.74 Å². The Balaban J connectivity index is 1.63. The third-order valence-electron chi connectivity index (χ3n) is 3.23. The van der Waals surface area contributed by atoms with Crippen molar-refractivity contribution >= 4 is 11.8 Å². The first kappa shape index (κ1) is 12.8. The Morgan fingerprint density at radius 2 is 2.06 bits per heavy atom. The van der Waals surface area contributed by atoms with Crippen molar-refractivity contribution in [1.29, 1.82) is 0 Å². The van der Waals surface area contributed by atoms with Crippen molar-refractivity contribution in [3.8, 4) is 5.75 Å². The average Bonchev–Trinajstić information content (AvgIpc) is 3.19. The number of benzene rings is 1. The summed E-state index contributed by atoms with van der Waals surface area (Å²) in [5, 5.41) is 3.51. The fourth-order valence-corrected chi connectivity index (χ4v) is 2.30. The van der Waals surface area contributed by atoms with Gasteiger partial charge in [-0.25, -0.2) is 0 Å². The van der Waals surface area contributed by atoms with Gasteiger partial charge in [0.1, 0.15) is 12.4 Å². The number of thioether (sulfide) groups is 1. The van der Waals surface area contributed by atoms with Crippen LogP contribution in [0.25, 0.3) is 0 Å². The van der Waals surface area contributed by atoms with Gasteiger partial charge >= 0.3 is 0 Å². The molecule has 0 saturated heterocycles. The van der Waals surface area contributed by atoms with Gasteiger partial charge in [-0.15, -0.1) is 11.8 Å². The fourth-order valence-electron chi connectivity index (χ4n) is 1.89. The zero-order chi connectivity index (χ0) is 12.1. The van der Waals surface area contributed by atoms with Gasteiger partial charge in [0.25, 0.3) is 0 Å². The predicted octanol–water partition coefficient (Wildman–Crippen LogP) is 3.18. The molecule has 1 fully saturated rings. The fraction of sp³-hybridized carbons (Fsp3) is 0.571. The number of ether oxygens (including phenoxy) is 1. The zero-order valence-corrected chi connectivity index (χ0v) is 11.4. The van der Waals surface area contributed by atoms with Gasteiger partial charge in [-0.2, -0.15) is 0 Å². The summed E-state index contributed by atoms with van der Waals surface area (Å²) >= 11 is 1.75. The van der Waals surface area contributed by atoms with Crippen LogP contribution >= 0.6 is 11.8 Å². The van der Waals surface area contributed by atoms with Crippen LogP contribution in [0.5, 0.6) is 5.75 Å². The van der Waals surface area contributed by atoms with Crippen LogP contribution in [-0.4, -0.2) is 25.4 Å². The van der Waals surface area contributed by atoms with E-state index >= 15 is 0 Å². The van der Waals surface area contributed by atoms with E-state index in [4.69, 9.17) is 4.74 Å². The Morgan fingerprint density at radius 1 is 1.35 bits per heavy atom. The lowest BCUT2D eigenvalue weighted by Gasteiger charge is -2.13. The summed E-state index contributed by atoms with van der Waals surface area (Å²) in [6.45, 7) is 3.95. The molecule has 1 aliphatic rings. The molecule has 2 nitrogen and oxygen atoms in total. The first-order valence-corrected chi connectivity index (χ1v) is 7.52. The molecule has 1 unspecified atom stereocenters. The molecule has 0 spiro atoms. The van der Waals surface area contributed by atoms with E-state index in [1.54, 1.807) is 11.8 Å². The third kappa shape index (κ3) is 4.25. The summed E-state index contributed by atoms with van der Waals surface area (Å²) in [6, 6.07) is 8.92.